The predicted molar refractivity (Wildman–Crippen MR) is 85.9 cm³/mol. The zero-order valence-corrected chi connectivity index (χ0v) is 12.9. The van der Waals surface area contributed by atoms with Gasteiger partial charge in [0.2, 0.25) is 0 Å². The fraction of sp³-hybridized carbons (Fsp3) is 0.200. The maximum Gasteiger partial charge on any atom is 0.133 e. The van der Waals surface area contributed by atoms with Crippen molar-refractivity contribution in [2.24, 2.45) is 0 Å². The number of hydrogen-bond donors (Lipinski definition) is 1. The summed E-state index contributed by atoms with van der Waals surface area (Å²) in [6, 6.07) is 13.3. The molecule has 2 rings (SSSR count). The number of halogens is 1. The number of nitrogens with two attached hydrogens (primary N) is 1. The van der Waals surface area contributed by atoms with Crippen molar-refractivity contribution in [3.63, 3.8) is 0 Å². The molecular formula is C15H16INO2. The molecule has 0 aliphatic heterocycles. The van der Waals surface area contributed by atoms with Crippen molar-refractivity contribution in [1.82, 2.24) is 0 Å². The summed E-state index contributed by atoms with van der Waals surface area (Å²) in [7, 11) is 0. The maximum atomic E-state index is 5.85. The summed E-state index contributed by atoms with van der Waals surface area (Å²) in [6.07, 6.45) is 0.960. The van der Waals surface area contributed by atoms with Crippen molar-refractivity contribution in [2.45, 2.75) is 13.3 Å². The second-order valence-electron chi connectivity index (χ2n) is 4.14. The fourth-order valence-corrected chi connectivity index (χ4v) is 1.95. The van der Waals surface area contributed by atoms with Crippen LogP contribution in [0.5, 0.6) is 17.2 Å². The van der Waals surface area contributed by atoms with Crippen LogP contribution < -0.4 is 15.2 Å². The molecule has 2 aromatic carbocycles. The molecule has 0 spiro atoms. The van der Waals surface area contributed by atoms with E-state index in [4.69, 9.17) is 15.2 Å². The molecule has 0 radical (unpaired) electrons. The highest BCUT2D eigenvalue weighted by Crippen LogP contribution is 2.28. The number of ether oxygens (including phenoxy) is 2. The van der Waals surface area contributed by atoms with Gasteiger partial charge in [-0.15, -0.1) is 0 Å². The molecule has 0 heterocycles. The molecular weight excluding hydrogens is 353 g/mol. The smallest absolute Gasteiger partial charge is 0.133 e. The third kappa shape index (κ3) is 4.31. The Balaban J connectivity index is 2.15. The Hall–Kier alpha value is -1.43. The molecule has 0 atom stereocenters. The van der Waals surface area contributed by atoms with Gasteiger partial charge in [-0.05, 0) is 53.3 Å². The molecule has 0 aromatic heterocycles. The van der Waals surface area contributed by atoms with Crippen molar-refractivity contribution in [1.29, 1.82) is 0 Å². The monoisotopic (exact) mass is 369 g/mol. The Morgan fingerprint density at radius 3 is 2.37 bits per heavy atom. The Bertz CT molecular complexity index is 540. The SMILES string of the molecule is CCCOc1cc(N)cc(Oc2ccc(I)cc2)c1. The van der Waals surface area contributed by atoms with Crippen molar-refractivity contribution in [3.8, 4) is 17.2 Å². The number of rotatable bonds is 5. The highest BCUT2D eigenvalue weighted by Gasteiger charge is 2.03. The minimum Gasteiger partial charge on any atom is -0.493 e. The first-order chi connectivity index (χ1) is 9.17. The highest BCUT2D eigenvalue weighted by molar-refractivity contribution is 14.1. The normalized spacial score (nSPS) is 10.2. The lowest BCUT2D eigenvalue weighted by Gasteiger charge is -2.10. The molecule has 2 aromatic rings. The van der Waals surface area contributed by atoms with Gasteiger partial charge in [0.15, 0.2) is 0 Å². The molecule has 0 saturated heterocycles. The lowest BCUT2D eigenvalue weighted by molar-refractivity contribution is 0.316. The minimum atomic E-state index is 0.633. The van der Waals surface area contributed by atoms with Crippen LogP contribution in [0.15, 0.2) is 42.5 Å². The first-order valence-corrected chi connectivity index (χ1v) is 7.22. The summed E-state index contributed by atoms with van der Waals surface area (Å²) in [5.41, 5.74) is 6.48. The van der Waals surface area contributed by atoms with Gasteiger partial charge in [-0.2, -0.15) is 0 Å². The molecule has 0 fully saturated rings. The molecule has 0 saturated carbocycles. The van der Waals surface area contributed by atoms with E-state index in [0.29, 0.717) is 18.0 Å². The first kappa shape index (κ1) is 14.0. The topological polar surface area (TPSA) is 44.5 Å². The maximum absolute atomic E-state index is 5.85. The van der Waals surface area contributed by atoms with Gasteiger partial charge < -0.3 is 15.2 Å². The van der Waals surface area contributed by atoms with Gasteiger partial charge in [0.25, 0.3) is 0 Å². The van der Waals surface area contributed by atoms with Crippen molar-refractivity contribution < 1.29 is 9.47 Å². The van der Waals surface area contributed by atoms with E-state index in [2.05, 4.69) is 29.5 Å². The van der Waals surface area contributed by atoms with Gasteiger partial charge in [-0.25, -0.2) is 0 Å². The predicted octanol–water partition coefficient (Wildman–Crippen LogP) is 4.45. The van der Waals surface area contributed by atoms with E-state index in [9.17, 15) is 0 Å². The average Bonchev–Trinajstić information content (AvgIpc) is 2.38. The Morgan fingerprint density at radius 2 is 1.68 bits per heavy atom. The number of nitrogen functional groups attached to an aromatic ring is 1. The van der Waals surface area contributed by atoms with Crippen LogP contribution >= 0.6 is 22.6 Å². The molecule has 0 bridgehead atoms. The second-order valence-corrected chi connectivity index (χ2v) is 5.39. The summed E-state index contributed by atoms with van der Waals surface area (Å²) in [5, 5.41) is 0. The molecule has 19 heavy (non-hydrogen) atoms. The van der Waals surface area contributed by atoms with Crippen LogP contribution in [0, 0.1) is 3.57 Å². The summed E-state index contributed by atoms with van der Waals surface area (Å²) in [5.74, 6) is 2.21. The van der Waals surface area contributed by atoms with Crippen molar-refractivity contribution >= 4 is 28.3 Å². The van der Waals surface area contributed by atoms with E-state index in [0.717, 1.165) is 17.9 Å². The van der Waals surface area contributed by atoms with Crippen molar-refractivity contribution in [3.05, 3.63) is 46.0 Å². The third-order valence-electron chi connectivity index (χ3n) is 2.42. The van der Waals surface area contributed by atoms with E-state index in [1.165, 1.54) is 3.57 Å². The molecule has 0 aliphatic carbocycles. The summed E-state index contributed by atoms with van der Waals surface area (Å²) in [6.45, 7) is 2.74. The molecule has 0 amide bonds. The zero-order valence-electron chi connectivity index (χ0n) is 10.7. The molecule has 0 unspecified atom stereocenters. The number of hydrogen-bond acceptors (Lipinski definition) is 3. The quantitative estimate of drug-likeness (QED) is 0.626. The summed E-state index contributed by atoms with van der Waals surface area (Å²) >= 11 is 2.26. The van der Waals surface area contributed by atoms with Gasteiger partial charge in [0, 0.05) is 27.5 Å². The highest BCUT2D eigenvalue weighted by atomic mass is 127. The number of benzene rings is 2. The van der Waals surface area contributed by atoms with Crippen LogP contribution in [0.4, 0.5) is 5.69 Å². The Kier molecular flexibility index (Phi) is 4.90. The van der Waals surface area contributed by atoms with Gasteiger partial charge >= 0.3 is 0 Å². The molecule has 4 heteroatoms. The Labute approximate surface area is 126 Å². The van der Waals surface area contributed by atoms with Crippen LogP contribution in [0.1, 0.15) is 13.3 Å². The van der Waals surface area contributed by atoms with Crippen LogP contribution in [-0.4, -0.2) is 6.61 Å². The minimum absolute atomic E-state index is 0.633. The van der Waals surface area contributed by atoms with Crippen LogP contribution in [0.25, 0.3) is 0 Å². The van der Waals surface area contributed by atoms with Gasteiger partial charge in [0.1, 0.15) is 17.2 Å². The van der Waals surface area contributed by atoms with E-state index < -0.39 is 0 Å². The van der Waals surface area contributed by atoms with E-state index >= 15 is 0 Å². The second kappa shape index (κ2) is 6.65. The molecule has 100 valence electrons. The van der Waals surface area contributed by atoms with E-state index in [1.807, 2.05) is 30.3 Å². The van der Waals surface area contributed by atoms with E-state index in [1.54, 1.807) is 12.1 Å². The third-order valence-corrected chi connectivity index (χ3v) is 3.14. The Morgan fingerprint density at radius 1 is 1.00 bits per heavy atom. The van der Waals surface area contributed by atoms with Gasteiger partial charge in [-0.3, -0.25) is 0 Å². The van der Waals surface area contributed by atoms with Gasteiger partial charge in [0.05, 0.1) is 6.61 Å². The van der Waals surface area contributed by atoms with Crippen LogP contribution in [0.3, 0.4) is 0 Å². The summed E-state index contributed by atoms with van der Waals surface area (Å²) < 4.78 is 12.5. The van der Waals surface area contributed by atoms with Gasteiger partial charge in [-0.1, -0.05) is 6.92 Å². The fourth-order valence-electron chi connectivity index (χ4n) is 1.59. The lowest BCUT2D eigenvalue weighted by atomic mass is 10.3. The molecule has 2 N–H and O–H groups in total. The molecule has 0 aliphatic rings. The largest absolute Gasteiger partial charge is 0.493 e. The molecule has 3 nitrogen and oxygen atoms in total. The first-order valence-electron chi connectivity index (χ1n) is 6.14. The lowest BCUT2D eigenvalue weighted by Crippen LogP contribution is -1.97. The zero-order chi connectivity index (χ0) is 13.7. The van der Waals surface area contributed by atoms with E-state index in [-0.39, 0.29) is 0 Å². The number of anilines is 1. The standard InChI is InChI=1S/C15H16INO2/c1-2-7-18-14-8-12(17)9-15(10-14)19-13-5-3-11(16)4-6-13/h3-6,8-10H,2,7,17H2,1H3. The van der Waals surface area contributed by atoms with Crippen LogP contribution in [0.2, 0.25) is 0 Å². The van der Waals surface area contributed by atoms with Crippen molar-refractivity contribution in [2.75, 3.05) is 12.3 Å². The summed E-state index contributed by atoms with van der Waals surface area (Å²) in [4.78, 5) is 0. The van der Waals surface area contributed by atoms with Crippen LogP contribution in [-0.2, 0) is 0 Å². The average molecular weight is 369 g/mol.